The Hall–Kier alpha value is -1.39. The van der Waals surface area contributed by atoms with E-state index < -0.39 is 6.10 Å². The number of hydrogen-bond acceptors (Lipinski definition) is 2. The Kier molecular flexibility index (Phi) is 4.33. The molecule has 94 valence electrons. The van der Waals surface area contributed by atoms with Crippen LogP contribution in [-0.4, -0.2) is 10.9 Å². The molecule has 2 aromatic rings. The minimum Gasteiger partial charge on any atom is -0.388 e. The summed E-state index contributed by atoms with van der Waals surface area (Å²) in [6, 6.07) is 11.9. The van der Waals surface area contributed by atoms with Crippen LogP contribution in [0.25, 0.3) is 0 Å². The smallest absolute Gasteiger partial charge is 0.123 e. The summed E-state index contributed by atoms with van der Waals surface area (Å²) in [5, 5.41) is 9.91. The van der Waals surface area contributed by atoms with E-state index in [1.165, 1.54) is 36.0 Å². The van der Waals surface area contributed by atoms with Gasteiger partial charge in [0.2, 0.25) is 0 Å². The molecule has 0 amide bonds. The Balaban J connectivity index is 1.93. The van der Waals surface area contributed by atoms with Crippen molar-refractivity contribution in [2.24, 2.45) is 0 Å². The van der Waals surface area contributed by atoms with Crippen LogP contribution in [0.1, 0.15) is 11.7 Å². The van der Waals surface area contributed by atoms with E-state index in [0.717, 1.165) is 4.90 Å². The average molecular weight is 266 g/mol. The van der Waals surface area contributed by atoms with Crippen LogP contribution in [0.2, 0.25) is 0 Å². The lowest BCUT2D eigenvalue weighted by molar-refractivity contribution is 0.204. The minimum atomic E-state index is -0.666. The monoisotopic (exact) mass is 266 g/mol. The van der Waals surface area contributed by atoms with Gasteiger partial charge in [-0.2, -0.15) is 0 Å². The van der Waals surface area contributed by atoms with Gasteiger partial charge in [0, 0.05) is 10.6 Å². The van der Waals surface area contributed by atoms with E-state index in [4.69, 9.17) is 0 Å². The van der Waals surface area contributed by atoms with Gasteiger partial charge >= 0.3 is 0 Å². The van der Waals surface area contributed by atoms with Crippen LogP contribution in [0.4, 0.5) is 8.78 Å². The molecule has 0 aliphatic heterocycles. The van der Waals surface area contributed by atoms with Crippen molar-refractivity contribution in [1.82, 2.24) is 0 Å². The van der Waals surface area contributed by atoms with E-state index in [0.29, 0.717) is 11.3 Å². The number of thioether (sulfide) groups is 1. The standard InChI is InChI=1S/C14H12F2OS/c15-11-3-1-10(2-4-11)14(17)9-18-13-7-5-12(16)6-8-13/h1-8,14,17H,9H2. The summed E-state index contributed by atoms with van der Waals surface area (Å²) in [5.41, 5.74) is 0.672. The largest absolute Gasteiger partial charge is 0.388 e. The molecule has 1 unspecified atom stereocenters. The molecule has 0 aliphatic rings. The van der Waals surface area contributed by atoms with Crippen molar-refractivity contribution in [1.29, 1.82) is 0 Å². The van der Waals surface area contributed by atoms with Gasteiger partial charge in [-0.15, -0.1) is 11.8 Å². The lowest BCUT2D eigenvalue weighted by Gasteiger charge is -2.10. The van der Waals surface area contributed by atoms with E-state index in [-0.39, 0.29) is 11.6 Å². The maximum absolute atomic E-state index is 12.7. The third-order valence-corrected chi connectivity index (χ3v) is 3.56. The number of aliphatic hydroxyl groups is 1. The molecule has 0 saturated carbocycles. The zero-order chi connectivity index (χ0) is 13.0. The first-order valence-corrected chi connectivity index (χ1v) is 6.45. The quantitative estimate of drug-likeness (QED) is 0.850. The third kappa shape index (κ3) is 3.55. The second kappa shape index (κ2) is 5.98. The predicted octanol–water partition coefficient (Wildman–Crippen LogP) is 3.79. The Morgan fingerprint density at radius 2 is 1.39 bits per heavy atom. The SMILES string of the molecule is OC(CSc1ccc(F)cc1)c1ccc(F)cc1. The lowest BCUT2D eigenvalue weighted by atomic mass is 10.1. The highest BCUT2D eigenvalue weighted by molar-refractivity contribution is 7.99. The summed E-state index contributed by atoms with van der Waals surface area (Å²) in [4.78, 5) is 0.887. The average Bonchev–Trinajstić information content (AvgIpc) is 2.38. The fourth-order valence-corrected chi connectivity index (χ4v) is 2.36. The highest BCUT2D eigenvalue weighted by Gasteiger charge is 2.08. The summed E-state index contributed by atoms with van der Waals surface area (Å²) >= 11 is 1.43. The van der Waals surface area contributed by atoms with Crippen LogP contribution in [0.15, 0.2) is 53.4 Å². The number of halogens is 2. The van der Waals surface area contributed by atoms with Crippen molar-refractivity contribution in [2.75, 3.05) is 5.75 Å². The molecule has 2 aromatic carbocycles. The van der Waals surface area contributed by atoms with Gasteiger partial charge in [0.1, 0.15) is 11.6 Å². The second-order valence-corrected chi connectivity index (χ2v) is 4.93. The molecule has 0 fully saturated rings. The molecule has 1 atom stereocenters. The highest BCUT2D eigenvalue weighted by atomic mass is 32.2. The first-order valence-electron chi connectivity index (χ1n) is 5.47. The van der Waals surface area contributed by atoms with Crippen LogP contribution in [-0.2, 0) is 0 Å². The molecule has 1 nitrogen and oxygen atoms in total. The molecule has 18 heavy (non-hydrogen) atoms. The van der Waals surface area contributed by atoms with Crippen LogP contribution < -0.4 is 0 Å². The summed E-state index contributed by atoms with van der Waals surface area (Å²) in [6.07, 6.45) is -0.666. The molecular formula is C14H12F2OS. The lowest BCUT2D eigenvalue weighted by Crippen LogP contribution is -2.00. The summed E-state index contributed by atoms with van der Waals surface area (Å²) < 4.78 is 25.4. The van der Waals surface area contributed by atoms with Crippen molar-refractivity contribution in [2.45, 2.75) is 11.0 Å². The van der Waals surface area contributed by atoms with Gasteiger partial charge in [-0.25, -0.2) is 8.78 Å². The van der Waals surface area contributed by atoms with Gasteiger partial charge in [0.15, 0.2) is 0 Å². The molecule has 0 bridgehead atoms. The maximum atomic E-state index is 12.7. The van der Waals surface area contributed by atoms with Gasteiger partial charge < -0.3 is 5.11 Å². The van der Waals surface area contributed by atoms with Crippen LogP contribution in [0.3, 0.4) is 0 Å². The van der Waals surface area contributed by atoms with Gasteiger partial charge in [-0.05, 0) is 42.0 Å². The summed E-state index contributed by atoms with van der Waals surface area (Å²) in [5.74, 6) is -0.160. The number of aliphatic hydroxyl groups excluding tert-OH is 1. The Morgan fingerprint density at radius 3 is 1.94 bits per heavy atom. The Bertz CT molecular complexity index is 496. The number of rotatable bonds is 4. The fourth-order valence-electron chi connectivity index (χ4n) is 1.49. The van der Waals surface area contributed by atoms with Crippen LogP contribution >= 0.6 is 11.8 Å². The topological polar surface area (TPSA) is 20.2 Å². The molecule has 0 spiro atoms. The first-order chi connectivity index (χ1) is 8.65. The van der Waals surface area contributed by atoms with E-state index in [2.05, 4.69) is 0 Å². The predicted molar refractivity (Wildman–Crippen MR) is 68.5 cm³/mol. The fraction of sp³-hybridized carbons (Fsp3) is 0.143. The van der Waals surface area contributed by atoms with E-state index >= 15 is 0 Å². The van der Waals surface area contributed by atoms with Crippen LogP contribution in [0, 0.1) is 11.6 Å². The van der Waals surface area contributed by atoms with Crippen molar-refractivity contribution in [3.8, 4) is 0 Å². The van der Waals surface area contributed by atoms with Crippen molar-refractivity contribution in [3.63, 3.8) is 0 Å². The molecule has 0 aromatic heterocycles. The third-order valence-electron chi connectivity index (χ3n) is 2.48. The van der Waals surface area contributed by atoms with Gasteiger partial charge in [-0.1, -0.05) is 12.1 Å². The van der Waals surface area contributed by atoms with Gasteiger partial charge in [0.05, 0.1) is 6.10 Å². The van der Waals surface area contributed by atoms with E-state index in [9.17, 15) is 13.9 Å². The summed E-state index contributed by atoms with van der Waals surface area (Å²) in [6.45, 7) is 0. The zero-order valence-corrected chi connectivity index (χ0v) is 10.3. The maximum Gasteiger partial charge on any atom is 0.123 e. The van der Waals surface area contributed by atoms with Crippen molar-refractivity contribution < 1.29 is 13.9 Å². The number of hydrogen-bond donors (Lipinski definition) is 1. The molecule has 0 radical (unpaired) electrons. The molecule has 1 N–H and O–H groups in total. The highest BCUT2D eigenvalue weighted by Crippen LogP contribution is 2.24. The van der Waals surface area contributed by atoms with E-state index in [1.807, 2.05) is 0 Å². The number of benzene rings is 2. The molecule has 2 rings (SSSR count). The second-order valence-electron chi connectivity index (χ2n) is 3.83. The molecule has 0 aliphatic carbocycles. The summed E-state index contributed by atoms with van der Waals surface area (Å²) in [7, 11) is 0. The van der Waals surface area contributed by atoms with Crippen molar-refractivity contribution in [3.05, 3.63) is 65.7 Å². The molecular weight excluding hydrogens is 254 g/mol. The van der Waals surface area contributed by atoms with E-state index in [1.54, 1.807) is 24.3 Å². The Labute approximate surface area is 108 Å². The zero-order valence-electron chi connectivity index (χ0n) is 9.51. The normalized spacial score (nSPS) is 12.4. The van der Waals surface area contributed by atoms with Crippen molar-refractivity contribution >= 4 is 11.8 Å². The van der Waals surface area contributed by atoms with Gasteiger partial charge in [0.25, 0.3) is 0 Å². The minimum absolute atomic E-state index is 0.279. The van der Waals surface area contributed by atoms with Crippen LogP contribution in [0.5, 0.6) is 0 Å². The first kappa shape index (κ1) is 13.1. The molecule has 4 heteroatoms. The molecule has 0 saturated heterocycles. The Morgan fingerprint density at radius 1 is 0.889 bits per heavy atom. The van der Waals surface area contributed by atoms with Gasteiger partial charge in [-0.3, -0.25) is 0 Å². The molecule has 0 heterocycles.